The maximum absolute atomic E-state index is 12.3. The van der Waals surface area contributed by atoms with Crippen LogP contribution < -0.4 is 10.6 Å². The highest BCUT2D eigenvalue weighted by Gasteiger charge is 2.32. The molecule has 1 fully saturated rings. The minimum atomic E-state index is -0.688. The Labute approximate surface area is 155 Å². The fourth-order valence-corrected chi connectivity index (χ4v) is 3.50. The lowest BCUT2D eigenvalue weighted by molar-refractivity contribution is -0.120. The van der Waals surface area contributed by atoms with E-state index in [1.54, 1.807) is 0 Å². The molecule has 0 heterocycles. The number of nitrogens with one attached hydrogen (secondary N) is 2. The third kappa shape index (κ3) is 4.64. The average Bonchev–Trinajstić information content (AvgIpc) is 2.93. The number of nitrogens with zero attached hydrogens (tertiary/aromatic N) is 1. The molecule has 1 saturated carbocycles. The Bertz CT molecular complexity index is 754. The number of carbonyl (C=O) groups is 1. The Morgan fingerprint density at radius 2 is 1.54 bits per heavy atom. The molecule has 0 aliphatic heterocycles. The summed E-state index contributed by atoms with van der Waals surface area (Å²) in [5.74, 6) is -0.124. The van der Waals surface area contributed by atoms with Crippen LogP contribution in [0.25, 0.3) is 11.1 Å². The van der Waals surface area contributed by atoms with Gasteiger partial charge in [0.25, 0.3) is 0 Å². The monoisotopic (exact) mass is 347 g/mol. The zero-order valence-corrected chi connectivity index (χ0v) is 15.0. The van der Waals surface area contributed by atoms with E-state index >= 15 is 0 Å². The van der Waals surface area contributed by atoms with Crippen LogP contribution in [0, 0.1) is 11.3 Å². The fraction of sp³-hybridized carbons (Fsp3) is 0.364. The molecule has 2 N–H and O–H groups in total. The Hall–Kier alpha value is -2.80. The van der Waals surface area contributed by atoms with Crippen LogP contribution in [-0.2, 0) is 4.79 Å². The second-order valence-corrected chi connectivity index (χ2v) is 6.95. The summed E-state index contributed by atoms with van der Waals surface area (Å²) >= 11 is 0. The highest BCUT2D eigenvalue weighted by molar-refractivity contribution is 5.82. The molecular formula is C22H25N3O. The Morgan fingerprint density at radius 1 is 0.923 bits per heavy atom. The number of rotatable bonds is 5. The highest BCUT2D eigenvalue weighted by Crippen LogP contribution is 2.26. The Balaban J connectivity index is 1.55. The van der Waals surface area contributed by atoms with Crippen LogP contribution in [0.3, 0.4) is 0 Å². The minimum absolute atomic E-state index is 0.124. The van der Waals surface area contributed by atoms with Crippen LogP contribution in [-0.4, -0.2) is 18.0 Å². The summed E-state index contributed by atoms with van der Waals surface area (Å²) in [6, 6.07) is 20.6. The lowest BCUT2D eigenvalue weighted by atomic mass is 9.92. The maximum Gasteiger partial charge on any atom is 0.240 e. The number of anilines is 1. The van der Waals surface area contributed by atoms with Crippen molar-refractivity contribution in [2.24, 2.45) is 0 Å². The van der Waals surface area contributed by atoms with Crippen LogP contribution in [0.5, 0.6) is 0 Å². The van der Waals surface area contributed by atoms with E-state index in [0.717, 1.165) is 49.8 Å². The van der Waals surface area contributed by atoms with Crippen molar-refractivity contribution in [3.8, 4) is 17.2 Å². The van der Waals surface area contributed by atoms with Crippen LogP contribution >= 0.6 is 0 Å². The van der Waals surface area contributed by atoms with Crippen LogP contribution in [0.15, 0.2) is 54.6 Å². The first-order valence-electron chi connectivity index (χ1n) is 9.32. The molecule has 134 valence electrons. The molecule has 0 atom stereocenters. The van der Waals surface area contributed by atoms with Crippen LogP contribution in [0.4, 0.5) is 5.69 Å². The zero-order chi connectivity index (χ0) is 18.2. The van der Waals surface area contributed by atoms with Gasteiger partial charge in [-0.1, -0.05) is 68.1 Å². The molecule has 0 spiro atoms. The van der Waals surface area contributed by atoms with E-state index in [9.17, 15) is 10.1 Å². The average molecular weight is 347 g/mol. The van der Waals surface area contributed by atoms with Gasteiger partial charge < -0.3 is 10.6 Å². The largest absolute Gasteiger partial charge is 0.376 e. The number of carbonyl (C=O) groups excluding carboxylic acids is 1. The lowest BCUT2D eigenvalue weighted by Crippen LogP contribution is -2.48. The molecule has 1 aliphatic carbocycles. The quantitative estimate of drug-likeness (QED) is 0.783. The van der Waals surface area contributed by atoms with E-state index in [2.05, 4.69) is 28.8 Å². The zero-order valence-electron chi connectivity index (χ0n) is 15.0. The van der Waals surface area contributed by atoms with E-state index in [1.165, 1.54) is 5.56 Å². The molecule has 1 aliphatic rings. The third-order valence-electron chi connectivity index (χ3n) is 4.99. The second-order valence-electron chi connectivity index (χ2n) is 6.95. The van der Waals surface area contributed by atoms with Crippen molar-refractivity contribution >= 4 is 11.6 Å². The molecule has 26 heavy (non-hydrogen) atoms. The first kappa shape index (κ1) is 18.0. The molecule has 4 heteroatoms. The number of benzene rings is 2. The van der Waals surface area contributed by atoms with Gasteiger partial charge in [0.2, 0.25) is 5.91 Å². The molecule has 0 radical (unpaired) electrons. The van der Waals surface area contributed by atoms with Gasteiger partial charge in [-0.15, -0.1) is 0 Å². The van der Waals surface area contributed by atoms with Crippen molar-refractivity contribution < 1.29 is 4.79 Å². The predicted molar refractivity (Wildman–Crippen MR) is 105 cm³/mol. The Kier molecular flexibility index (Phi) is 5.91. The SMILES string of the molecule is N#CC1(NC(=O)CNc2ccc(-c3ccccc3)cc2)CCCCCC1. The van der Waals surface area contributed by atoms with E-state index in [-0.39, 0.29) is 12.5 Å². The summed E-state index contributed by atoms with van der Waals surface area (Å²) in [6.07, 6.45) is 5.79. The molecule has 0 unspecified atom stereocenters. The number of hydrogen-bond donors (Lipinski definition) is 2. The smallest absolute Gasteiger partial charge is 0.240 e. The van der Waals surface area contributed by atoms with Crippen molar-refractivity contribution in [1.82, 2.24) is 5.32 Å². The molecule has 2 aromatic rings. The minimum Gasteiger partial charge on any atom is -0.376 e. The molecule has 0 saturated heterocycles. The van der Waals surface area contributed by atoms with Gasteiger partial charge in [-0.3, -0.25) is 4.79 Å². The summed E-state index contributed by atoms with van der Waals surface area (Å²) in [6.45, 7) is 0.175. The van der Waals surface area contributed by atoms with Crippen LogP contribution in [0.1, 0.15) is 38.5 Å². The molecule has 0 bridgehead atoms. The summed E-state index contributed by atoms with van der Waals surface area (Å²) in [5.41, 5.74) is 2.52. The summed E-state index contributed by atoms with van der Waals surface area (Å²) in [4.78, 5) is 12.3. The standard InChI is InChI=1S/C22H25N3O/c23-17-22(14-6-1-2-7-15-22)25-21(26)16-24-20-12-10-19(11-13-20)18-8-4-3-5-9-18/h3-5,8-13,24H,1-2,6-7,14-16H2,(H,25,26). The van der Waals surface area contributed by atoms with Crippen molar-refractivity contribution in [3.05, 3.63) is 54.6 Å². The van der Waals surface area contributed by atoms with E-state index in [0.29, 0.717) is 0 Å². The van der Waals surface area contributed by atoms with E-state index in [1.807, 2.05) is 42.5 Å². The van der Waals surface area contributed by atoms with Gasteiger partial charge in [0.1, 0.15) is 5.54 Å². The van der Waals surface area contributed by atoms with Crippen molar-refractivity contribution in [2.45, 2.75) is 44.1 Å². The number of amides is 1. The molecule has 1 amide bonds. The summed E-state index contributed by atoms with van der Waals surface area (Å²) in [7, 11) is 0. The highest BCUT2D eigenvalue weighted by atomic mass is 16.2. The lowest BCUT2D eigenvalue weighted by Gasteiger charge is -2.26. The molecule has 4 nitrogen and oxygen atoms in total. The topological polar surface area (TPSA) is 64.9 Å². The number of hydrogen-bond acceptors (Lipinski definition) is 3. The molecular weight excluding hydrogens is 322 g/mol. The molecule has 3 rings (SSSR count). The summed E-state index contributed by atoms with van der Waals surface area (Å²) < 4.78 is 0. The van der Waals surface area contributed by atoms with Gasteiger partial charge >= 0.3 is 0 Å². The van der Waals surface area contributed by atoms with Gasteiger partial charge in [0.15, 0.2) is 0 Å². The maximum atomic E-state index is 12.3. The van der Waals surface area contributed by atoms with Crippen molar-refractivity contribution in [1.29, 1.82) is 5.26 Å². The van der Waals surface area contributed by atoms with Crippen LogP contribution in [0.2, 0.25) is 0 Å². The third-order valence-corrected chi connectivity index (χ3v) is 4.99. The van der Waals surface area contributed by atoms with Crippen molar-refractivity contribution in [3.63, 3.8) is 0 Å². The first-order valence-corrected chi connectivity index (χ1v) is 9.32. The van der Waals surface area contributed by atoms with Gasteiger partial charge in [-0.05, 0) is 36.1 Å². The first-order chi connectivity index (χ1) is 12.7. The normalized spacial score (nSPS) is 16.1. The van der Waals surface area contributed by atoms with Gasteiger partial charge in [-0.25, -0.2) is 0 Å². The summed E-state index contributed by atoms with van der Waals surface area (Å²) in [5, 5.41) is 15.7. The molecule has 0 aromatic heterocycles. The van der Waals surface area contributed by atoms with Gasteiger partial charge in [0.05, 0.1) is 12.6 Å². The van der Waals surface area contributed by atoms with Gasteiger partial charge in [0, 0.05) is 5.69 Å². The van der Waals surface area contributed by atoms with Crippen molar-refractivity contribution in [2.75, 3.05) is 11.9 Å². The Morgan fingerprint density at radius 3 is 2.15 bits per heavy atom. The van der Waals surface area contributed by atoms with E-state index in [4.69, 9.17) is 0 Å². The van der Waals surface area contributed by atoms with E-state index < -0.39 is 5.54 Å². The predicted octanol–water partition coefficient (Wildman–Crippen LogP) is 4.50. The second kappa shape index (κ2) is 8.53. The number of nitriles is 1. The molecule has 2 aromatic carbocycles. The fourth-order valence-electron chi connectivity index (χ4n) is 3.50. The van der Waals surface area contributed by atoms with Gasteiger partial charge in [-0.2, -0.15) is 5.26 Å².